The van der Waals surface area contributed by atoms with Crippen molar-refractivity contribution in [2.75, 3.05) is 38.2 Å². The average molecular weight is 456 g/mol. The maximum Gasteiger partial charge on any atom is 0.256 e. The van der Waals surface area contributed by atoms with Gasteiger partial charge in [0.2, 0.25) is 0 Å². The molecular formula is C23H25FN4O5. The third kappa shape index (κ3) is 4.53. The zero-order valence-corrected chi connectivity index (χ0v) is 18.3. The largest absolute Gasteiger partial charge is 0.381 e. The first-order chi connectivity index (χ1) is 15.8. The number of carbonyl (C=O) groups excluding carboxylic acids is 3. The van der Waals surface area contributed by atoms with Gasteiger partial charge in [-0.05, 0) is 43.7 Å². The predicted octanol–water partition coefficient (Wildman–Crippen LogP) is 1.21. The summed E-state index contributed by atoms with van der Waals surface area (Å²) in [6.07, 6.45) is 0.220. The maximum absolute atomic E-state index is 13.7. The molecule has 9 nitrogen and oxygen atoms in total. The van der Waals surface area contributed by atoms with Crippen LogP contribution in [0.5, 0.6) is 0 Å². The lowest BCUT2D eigenvalue weighted by Crippen LogP contribution is -2.49. The Hall–Kier alpha value is -3.50. The molecule has 4 rings (SSSR count). The van der Waals surface area contributed by atoms with Crippen molar-refractivity contribution >= 4 is 35.1 Å². The van der Waals surface area contributed by atoms with Gasteiger partial charge in [0.1, 0.15) is 11.9 Å². The Morgan fingerprint density at radius 3 is 2.76 bits per heavy atom. The zero-order chi connectivity index (χ0) is 23.7. The van der Waals surface area contributed by atoms with Gasteiger partial charge in [0, 0.05) is 35.7 Å². The van der Waals surface area contributed by atoms with Crippen LogP contribution in [0, 0.1) is 19.7 Å². The number of nitrogens with zero attached hydrogens (tertiary/aromatic N) is 1. The number of carbonyl (C=O) groups is 3. The minimum absolute atomic E-state index is 0.232. The van der Waals surface area contributed by atoms with Crippen LogP contribution >= 0.6 is 0 Å². The van der Waals surface area contributed by atoms with Gasteiger partial charge >= 0.3 is 0 Å². The van der Waals surface area contributed by atoms with Crippen LogP contribution in [-0.2, 0) is 14.3 Å². The number of aliphatic hydroxyl groups excluding tert-OH is 1. The van der Waals surface area contributed by atoms with E-state index in [1.807, 2.05) is 0 Å². The van der Waals surface area contributed by atoms with E-state index in [0.717, 1.165) is 0 Å². The van der Waals surface area contributed by atoms with Crippen molar-refractivity contribution in [1.29, 1.82) is 0 Å². The number of nitrogens with one attached hydrogen (secondary N) is 3. The van der Waals surface area contributed by atoms with Crippen LogP contribution in [0.15, 0.2) is 18.2 Å². The van der Waals surface area contributed by atoms with Crippen LogP contribution in [0.1, 0.15) is 32.9 Å². The number of aryl methyl sites for hydroxylation is 1. The average Bonchev–Trinajstić information content (AvgIpc) is 3.26. The number of amides is 3. The molecule has 1 fully saturated rings. The number of anilines is 1. The molecule has 0 aliphatic carbocycles. The first-order valence-corrected chi connectivity index (χ1v) is 10.6. The van der Waals surface area contributed by atoms with Crippen LogP contribution in [0.25, 0.3) is 11.6 Å². The van der Waals surface area contributed by atoms with Crippen LogP contribution in [-0.4, -0.2) is 71.7 Å². The fourth-order valence-electron chi connectivity index (χ4n) is 4.07. The lowest BCUT2D eigenvalue weighted by Gasteiger charge is -2.28. The Kier molecular flexibility index (Phi) is 6.30. The van der Waals surface area contributed by atoms with E-state index < -0.39 is 23.7 Å². The summed E-state index contributed by atoms with van der Waals surface area (Å²) in [7, 11) is 0. The standard InChI is InChI=1S/C23H25FN4O5/c1-12-18(10-16-15-9-14(24)3-4-17(15)27-21(16)30)26-13(2)20(12)22(31)25-11-19(29)23(32)28-5-7-33-8-6-28/h3-4,9-10,19,26,29H,5-8,11H2,1-2H3,(H,25,31)(H,27,30)/b16-10-/t19-/m1/s1. The smallest absolute Gasteiger partial charge is 0.256 e. The minimum Gasteiger partial charge on any atom is -0.381 e. The summed E-state index contributed by atoms with van der Waals surface area (Å²) in [6.45, 7) is 4.84. The van der Waals surface area contributed by atoms with E-state index in [2.05, 4.69) is 15.6 Å². The molecule has 0 bridgehead atoms. The summed E-state index contributed by atoms with van der Waals surface area (Å²) in [4.78, 5) is 42.1. The van der Waals surface area contributed by atoms with Crippen LogP contribution in [0.4, 0.5) is 10.1 Å². The number of aromatic amines is 1. The van der Waals surface area contributed by atoms with Crippen molar-refractivity contribution in [3.05, 3.63) is 52.1 Å². The Morgan fingerprint density at radius 2 is 2.03 bits per heavy atom. The Labute approximate surface area is 189 Å². The summed E-state index contributed by atoms with van der Waals surface area (Å²) in [5.41, 5.74) is 3.28. The summed E-state index contributed by atoms with van der Waals surface area (Å²) in [5, 5.41) is 15.5. The quantitative estimate of drug-likeness (QED) is 0.504. The number of rotatable bonds is 5. The van der Waals surface area contributed by atoms with Crippen molar-refractivity contribution in [3.8, 4) is 0 Å². The van der Waals surface area contributed by atoms with E-state index in [1.165, 1.54) is 23.1 Å². The summed E-state index contributed by atoms with van der Waals surface area (Å²) < 4.78 is 18.9. The molecule has 33 heavy (non-hydrogen) atoms. The first kappa shape index (κ1) is 22.7. The Morgan fingerprint density at radius 1 is 1.30 bits per heavy atom. The molecule has 0 unspecified atom stereocenters. The molecule has 0 saturated carbocycles. The molecule has 10 heteroatoms. The van der Waals surface area contributed by atoms with Gasteiger partial charge in [0.05, 0.1) is 30.9 Å². The molecule has 3 heterocycles. The van der Waals surface area contributed by atoms with Crippen molar-refractivity contribution in [1.82, 2.24) is 15.2 Å². The molecule has 1 aromatic heterocycles. The summed E-state index contributed by atoms with van der Waals surface area (Å²) in [6, 6.07) is 4.05. The fraction of sp³-hybridized carbons (Fsp3) is 0.348. The molecule has 174 valence electrons. The Bertz CT molecular complexity index is 1150. The molecule has 0 spiro atoms. The van der Waals surface area contributed by atoms with Gasteiger partial charge in [-0.3, -0.25) is 14.4 Å². The monoisotopic (exact) mass is 456 g/mol. The molecule has 4 N–H and O–H groups in total. The second-order valence-corrected chi connectivity index (χ2v) is 8.03. The number of halogens is 1. The van der Waals surface area contributed by atoms with Crippen LogP contribution in [0.3, 0.4) is 0 Å². The van der Waals surface area contributed by atoms with E-state index in [0.29, 0.717) is 60.1 Å². The molecular weight excluding hydrogens is 431 g/mol. The number of benzene rings is 1. The number of fused-ring (bicyclic) bond motifs is 1. The highest BCUT2D eigenvalue weighted by Crippen LogP contribution is 2.34. The zero-order valence-electron chi connectivity index (χ0n) is 18.3. The number of aromatic nitrogens is 1. The normalized spacial score (nSPS) is 17.6. The summed E-state index contributed by atoms with van der Waals surface area (Å²) in [5.74, 6) is -1.73. The lowest BCUT2D eigenvalue weighted by atomic mass is 10.0. The molecule has 1 saturated heterocycles. The topological polar surface area (TPSA) is 124 Å². The first-order valence-electron chi connectivity index (χ1n) is 10.6. The lowest BCUT2D eigenvalue weighted by molar-refractivity contribution is -0.143. The van der Waals surface area contributed by atoms with Crippen molar-refractivity contribution in [2.24, 2.45) is 0 Å². The van der Waals surface area contributed by atoms with E-state index in [1.54, 1.807) is 19.9 Å². The second kappa shape index (κ2) is 9.16. The number of ether oxygens (including phenoxy) is 1. The van der Waals surface area contributed by atoms with Crippen molar-refractivity contribution < 1.29 is 28.6 Å². The number of H-pyrrole nitrogens is 1. The molecule has 1 atom stereocenters. The van der Waals surface area contributed by atoms with Gasteiger partial charge in [0.15, 0.2) is 0 Å². The van der Waals surface area contributed by atoms with Crippen LogP contribution < -0.4 is 10.6 Å². The third-order valence-corrected chi connectivity index (χ3v) is 5.82. The molecule has 2 aliphatic heterocycles. The van der Waals surface area contributed by atoms with Gasteiger partial charge in [0.25, 0.3) is 17.7 Å². The molecule has 0 radical (unpaired) electrons. The maximum atomic E-state index is 13.7. The Balaban J connectivity index is 1.49. The van der Waals surface area contributed by atoms with Gasteiger partial charge in [-0.25, -0.2) is 4.39 Å². The van der Waals surface area contributed by atoms with Gasteiger partial charge < -0.3 is 30.4 Å². The van der Waals surface area contributed by atoms with Crippen molar-refractivity contribution in [3.63, 3.8) is 0 Å². The van der Waals surface area contributed by atoms with Gasteiger partial charge in [-0.2, -0.15) is 0 Å². The minimum atomic E-state index is -1.36. The SMILES string of the molecule is Cc1[nH]c(/C=C2\C(=O)Nc3ccc(F)cc32)c(C)c1C(=O)NC[C@@H](O)C(=O)N1CCOCC1. The summed E-state index contributed by atoms with van der Waals surface area (Å²) >= 11 is 0. The number of aliphatic hydroxyl groups is 1. The molecule has 2 aromatic rings. The van der Waals surface area contributed by atoms with E-state index in [4.69, 9.17) is 4.74 Å². The van der Waals surface area contributed by atoms with Gasteiger partial charge in [-0.1, -0.05) is 0 Å². The van der Waals surface area contributed by atoms with Crippen molar-refractivity contribution in [2.45, 2.75) is 20.0 Å². The highest BCUT2D eigenvalue weighted by atomic mass is 19.1. The fourth-order valence-corrected chi connectivity index (χ4v) is 4.07. The predicted molar refractivity (Wildman–Crippen MR) is 119 cm³/mol. The number of morpholine rings is 1. The third-order valence-electron chi connectivity index (χ3n) is 5.82. The van der Waals surface area contributed by atoms with E-state index in [-0.39, 0.29) is 18.0 Å². The number of hydrogen-bond donors (Lipinski definition) is 4. The molecule has 2 aliphatic rings. The highest BCUT2D eigenvalue weighted by molar-refractivity contribution is 6.34. The number of hydrogen-bond acceptors (Lipinski definition) is 5. The molecule has 1 aromatic carbocycles. The van der Waals surface area contributed by atoms with Gasteiger partial charge in [-0.15, -0.1) is 0 Å². The molecule has 3 amide bonds. The van der Waals surface area contributed by atoms with E-state index in [9.17, 15) is 23.9 Å². The highest BCUT2D eigenvalue weighted by Gasteiger charge is 2.27. The van der Waals surface area contributed by atoms with Crippen LogP contribution in [0.2, 0.25) is 0 Å². The second-order valence-electron chi connectivity index (χ2n) is 8.03. The van der Waals surface area contributed by atoms with E-state index >= 15 is 0 Å².